The summed E-state index contributed by atoms with van der Waals surface area (Å²) in [5.74, 6) is 2.53. The first kappa shape index (κ1) is 12.7. The van der Waals surface area contributed by atoms with Gasteiger partial charge in [0.2, 0.25) is 0 Å². The summed E-state index contributed by atoms with van der Waals surface area (Å²) in [6, 6.07) is 0. The second-order valence-electron chi connectivity index (χ2n) is 4.88. The number of hydrogen-bond donors (Lipinski definition) is 1. The lowest BCUT2D eigenvalue weighted by Gasteiger charge is -2.49. The van der Waals surface area contributed by atoms with Gasteiger partial charge in [-0.25, -0.2) is 0 Å². The maximum absolute atomic E-state index is 6.08. The van der Waals surface area contributed by atoms with E-state index in [0.717, 1.165) is 32.4 Å². The molecule has 0 spiro atoms. The molecule has 2 atom stereocenters. The summed E-state index contributed by atoms with van der Waals surface area (Å²) in [7, 11) is 0. The van der Waals surface area contributed by atoms with Crippen LogP contribution in [0.25, 0.3) is 0 Å². The Morgan fingerprint density at radius 2 is 2.19 bits per heavy atom. The molecule has 2 aliphatic rings. The summed E-state index contributed by atoms with van der Waals surface area (Å²) in [6.45, 7) is 6.30. The van der Waals surface area contributed by atoms with Crippen LogP contribution in [0.4, 0.5) is 0 Å². The molecule has 2 N–H and O–H groups in total. The molecule has 0 saturated carbocycles. The van der Waals surface area contributed by atoms with Gasteiger partial charge in [0.15, 0.2) is 0 Å². The van der Waals surface area contributed by atoms with E-state index in [1.165, 1.54) is 24.6 Å². The zero-order chi connectivity index (χ0) is 11.4. The molecule has 0 radical (unpaired) electrons. The molecule has 0 aliphatic carbocycles. The lowest BCUT2D eigenvalue weighted by atomic mass is 9.84. The van der Waals surface area contributed by atoms with Gasteiger partial charge in [-0.1, -0.05) is 6.92 Å². The molecule has 2 rings (SSSR count). The predicted octanol–water partition coefficient (Wildman–Crippen LogP) is 1.32. The minimum atomic E-state index is 0.236. The molecule has 2 fully saturated rings. The van der Waals surface area contributed by atoms with Crippen molar-refractivity contribution in [2.75, 3.05) is 37.7 Å². The average Bonchev–Trinajstić information content (AvgIpc) is 2.39. The lowest BCUT2D eigenvalue weighted by molar-refractivity contribution is -0.0694. The second kappa shape index (κ2) is 5.71. The summed E-state index contributed by atoms with van der Waals surface area (Å²) in [4.78, 5) is 2.63. The van der Waals surface area contributed by atoms with Crippen molar-refractivity contribution < 1.29 is 4.74 Å². The fourth-order valence-electron chi connectivity index (χ4n) is 2.90. The number of nitrogens with zero attached hydrogens (tertiary/aromatic N) is 1. The van der Waals surface area contributed by atoms with Gasteiger partial charge in [0.25, 0.3) is 0 Å². The Hall–Kier alpha value is 0.230. The standard InChI is InChI=1S/C12H24N2OS/c1-2-11-9-12(10-13,3-6-15-11)14-4-7-16-8-5-14/h11H,2-10,13H2,1H3. The second-order valence-corrected chi connectivity index (χ2v) is 6.11. The third kappa shape index (κ3) is 2.55. The fourth-order valence-corrected chi connectivity index (χ4v) is 3.81. The largest absolute Gasteiger partial charge is 0.378 e. The Morgan fingerprint density at radius 3 is 2.81 bits per heavy atom. The van der Waals surface area contributed by atoms with Crippen LogP contribution in [0.2, 0.25) is 0 Å². The van der Waals surface area contributed by atoms with Crippen LogP contribution in [0.1, 0.15) is 26.2 Å². The molecule has 16 heavy (non-hydrogen) atoms. The van der Waals surface area contributed by atoms with Crippen molar-refractivity contribution in [3.05, 3.63) is 0 Å². The first-order chi connectivity index (χ1) is 7.80. The van der Waals surface area contributed by atoms with Gasteiger partial charge in [-0.05, 0) is 19.3 Å². The molecule has 0 aromatic rings. The van der Waals surface area contributed by atoms with Crippen molar-refractivity contribution in [2.24, 2.45) is 5.73 Å². The smallest absolute Gasteiger partial charge is 0.0590 e. The van der Waals surface area contributed by atoms with E-state index in [0.29, 0.717) is 6.10 Å². The molecule has 0 aromatic carbocycles. The predicted molar refractivity (Wildman–Crippen MR) is 69.9 cm³/mol. The summed E-state index contributed by atoms with van der Waals surface area (Å²) in [5, 5.41) is 0. The van der Waals surface area contributed by atoms with E-state index >= 15 is 0 Å². The molecule has 0 amide bonds. The minimum absolute atomic E-state index is 0.236. The van der Waals surface area contributed by atoms with E-state index in [4.69, 9.17) is 10.5 Å². The van der Waals surface area contributed by atoms with Gasteiger partial charge in [-0.3, -0.25) is 4.90 Å². The Kier molecular flexibility index (Phi) is 4.53. The third-order valence-corrected chi connectivity index (χ3v) is 4.99. The highest BCUT2D eigenvalue weighted by molar-refractivity contribution is 7.99. The summed E-state index contributed by atoms with van der Waals surface area (Å²) >= 11 is 2.06. The van der Waals surface area contributed by atoms with Crippen LogP contribution in [0.15, 0.2) is 0 Å². The van der Waals surface area contributed by atoms with Crippen molar-refractivity contribution in [1.29, 1.82) is 0 Å². The highest BCUT2D eigenvalue weighted by atomic mass is 32.2. The van der Waals surface area contributed by atoms with Crippen molar-refractivity contribution in [2.45, 2.75) is 37.8 Å². The van der Waals surface area contributed by atoms with Crippen molar-refractivity contribution >= 4 is 11.8 Å². The van der Waals surface area contributed by atoms with Crippen LogP contribution < -0.4 is 5.73 Å². The van der Waals surface area contributed by atoms with Crippen LogP contribution in [0.3, 0.4) is 0 Å². The summed E-state index contributed by atoms with van der Waals surface area (Å²) in [6.07, 6.45) is 3.78. The third-order valence-electron chi connectivity index (χ3n) is 4.05. The van der Waals surface area contributed by atoms with Gasteiger partial charge in [-0.15, -0.1) is 0 Å². The molecule has 0 aromatic heterocycles. The van der Waals surface area contributed by atoms with Crippen LogP contribution >= 0.6 is 11.8 Å². The maximum atomic E-state index is 6.08. The van der Waals surface area contributed by atoms with E-state index in [1.54, 1.807) is 0 Å². The summed E-state index contributed by atoms with van der Waals surface area (Å²) in [5.41, 5.74) is 6.32. The first-order valence-electron chi connectivity index (χ1n) is 6.45. The van der Waals surface area contributed by atoms with Crippen LogP contribution in [-0.2, 0) is 4.74 Å². The first-order valence-corrected chi connectivity index (χ1v) is 7.61. The molecule has 2 aliphatic heterocycles. The van der Waals surface area contributed by atoms with Crippen molar-refractivity contribution in [3.63, 3.8) is 0 Å². The Morgan fingerprint density at radius 1 is 1.44 bits per heavy atom. The number of thioether (sulfide) groups is 1. The van der Waals surface area contributed by atoms with Crippen LogP contribution in [0.5, 0.6) is 0 Å². The van der Waals surface area contributed by atoms with E-state index in [9.17, 15) is 0 Å². The molecular formula is C12H24N2OS. The number of nitrogens with two attached hydrogens (primary N) is 1. The van der Waals surface area contributed by atoms with Crippen LogP contribution in [0, 0.1) is 0 Å². The lowest BCUT2D eigenvalue weighted by Crippen LogP contribution is -2.60. The zero-order valence-electron chi connectivity index (χ0n) is 10.3. The van der Waals surface area contributed by atoms with Gasteiger partial charge >= 0.3 is 0 Å². The van der Waals surface area contributed by atoms with Crippen molar-refractivity contribution in [1.82, 2.24) is 4.90 Å². The van der Waals surface area contributed by atoms with Gasteiger partial charge < -0.3 is 10.5 Å². The van der Waals surface area contributed by atoms with Gasteiger partial charge in [-0.2, -0.15) is 11.8 Å². The number of ether oxygens (including phenoxy) is 1. The maximum Gasteiger partial charge on any atom is 0.0590 e. The Bertz CT molecular complexity index is 221. The Balaban J connectivity index is 2.04. The van der Waals surface area contributed by atoms with Crippen molar-refractivity contribution in [3.8, 4) is 0 Å². The highest BCUT2D eigenvalue weighted by Gasteiger charge is 2.40. The van der Waals surface area contributed by atoms with Gasteiger partial charge in [0.1, 0.15) is 0 Å². The molecule has 0 bridgehead atoms. The molecule has 2 saturated heterocycles. The molecule has 94 valence electrons. The molecule has 2 heterocycles. The number of rotatable bonds is 3. The minimum Gasteiger partial charge on any atom is -0.378 e. The molecule has 4 heteroatoms. The fraction of sp³-hybridized carbons (Fsp3) is 1.00. The molecule has 2 unspecified atom stereocenters. The SMILES string of the molecule is CCC1CC(CN)(N2CCSCC2)CCO1. The monoisotopic (exact) mass is 244 g/mol. The van der Waals surface area contributed by atoms with Gasteiger partial charge in [0.05, 0.1) is 6.10 Å². The normalized spacial score (nSPS) is 37.5. The average molecular weight is 244 g/mol. The van der Waals surface area contributed by atoms with E-state index in [-0.39, 0.29) is 5.54 Å². The molecule has 3 nitrogen and oxygen atoms in total. The number of hydrogen-bond acceptors (Lipinski definition) is 4. The van der Waals surface area contributed by atoms with Gasteiger partial charge in [0, 0.05) is 43.3 Å². The highest BCUT2D eigenvalue weighted by Crippen LogP contribution is 2.33. The Labute approximate surface area is 103 Å². The topological polar surface area (TPSA) is 38.5 Å². The van der Waals surface area contributed by atoms with E-state index < -0.39 is 0 Å². The molecular weight excluding hydrogens is 220 g/mol. The summed E-state index contributed by atoms with van der Waals surface area (Å²) < 4.78 is 5.79. The van der Waals surface area contributed by atoms with E-state index in [2.05, 4.69) is 23.6 Å². The van der Waals surface area contributed by atoms with E-state index in [1.807, 2.05) is 0 Å². The van der Waals surface area contributed by atoms with Crippen LogP contribution in [-0.4, -0.2) is 54.3 Å². The quantitative estimate of drug-likeness (QED) is 0.813. The zero-order valence-corrected chi connectivity index (χ0v) is 11.1.